The van der Waals surface area contributed by atoms with Gasteiger partial charge in [-0.15, -0.1) is 0 Å². The molecule has 0 saturated carbocycles. The summed E-state index contributed by atoms with van der Waals surface area (Å²) in [5.74, 6) is 1.46. The molecule has 0 heterocycles. The number of amides is 1. The van der Waals surface area contributed by atoms with Crippen LogP contribution in [0.4, 0.5) is 0 Å². The van der Waals surface area contributed by atoms with Crippen LogP contribution in [0.1, 0.15) is 29.0 Å². The van der Waals surface area contributed by atoms with Crippen LogP contribution in [0.2, 0.25) is 0 Å². The van der Waals surface area contributed by atoms with E-state index in [-0.39, 0.29) is 18.2 Å². The van der Waals surface area contributed by atoms with E-state index < -0.39 is 0 Å². The quantitative estimate of drug-likeness (QED) is 0.495. The van der Waals surface area contributed by atoms with Crippen LogP contribution in [0.25, 0.3) is 0 Å². The number of carbonyl (C=O) groups is 1. The largest absolute Gasteiger partial charge is 0.493 e. The Morgan fingerprint density at radius 3 is 2.16 bits per heavy atom. The minimum Gasteiger partial charge on any atom is -0.493 e. The molecule has 0 aromatic heterocycles. The number of benzene rings is 3. The monoisotopic (exact) mass is 418 g/mol. The number of methoxy groups -OCH3 is 1. The molecule has 162 valence electrons. The van der Waals surface area contributed by atoms with Gasteiger partial charge in [0.1, 0.15) is 6.61 Å². The number of carbonyl (C=O) groups excluding carboxylic acids is 1. The molecule has 3 N–H and O–H groups in total. The SMILES string of the molecule is COc1cc(CC(=O)NCCC(c2ccccc2)c2ccccc2)ccc1OCCN. The molecule has 0 aliphatic heterocycles. The molecule has 0 aliphatic rings. The molecule has 5 heteroatoms. The van der Waals surface area contributed by atoms with Gasteiger partial charge in [0.05, 0.1) is 13.5 Å². The predicted molar refractivity (Wildman–Crippen MR) is 124 cm³/mol. The maximum atomic E-state index is 12.5. The summed E-state index contributed by atoms with van der Waals surface area (Å²) >= 11 is 0. The van der Waals surface area contributed by atoms with Crippen molar-refractivity contribution >= 4 is 5.91 Å². The Hall–Kier alpha value is -3.31. The molecule has 0 saturated heterocycles. The number of nitrogens with one attached hydrogen (secondary N) is 1. The number of nitrogens with two attached hydrogens (primary N) is 1. The zero-order chi connectivity index (χ0) is 21.9. The number of rotatable bonds is 11. The average Bonchev–Trinajstić information content (AvgIpc) is 2.82. The average molecular weight is 419 g/mol. The van der Waals surface area contributed by atoms with Gasteiger partial charge < -0.3 is 20.5 Å². The molecule has 0 fully saturated rings. The maximum Gasteiger partial charge on any atom is 0.224 e. The smallest absolute Gasteiger partial charge is 0.224 e. The van der Waals surface area contributed by atoms with Gasteiger partial charge in [-0.25, -0.2) is 0 Å². The highest BCUT2D eigenvalue weighted by molar-refractivity contribution is 5.78. The lowest BCUT2D eigenvalue weighted by Gasteiger charge is -2.18. The molecule has 5 nitrogen and oxygen atoms in total. The van der Waals surface area contributed by atoms with E-state index in [2.05, 4.69) is 53.8 Å². The Bertz CT molecular complexity index is 906. The van der Waals surface area contributed by atoms with E-state index in [1.165, 1.54) is 11.1 Å². The fourth-order valence-corrected chi connectivity index (χ4v) is 3.61. The number of ether oxygens (including phenoxy) is 2. The lowest BCUT2D eigenvalue weighted by atomic mass is 9.88. The van der Waals surface area contributed by atoms with E-state index in [1.54, 1.807) is 7.11 Å². The van der Waals surface area contributed by atoms with Crippen LogP contribution in [0, 0.1) is 0 Å². The van der Waals surface area contributed by atoms with Gasteiger partial charge in [0.25, 0.3) is 0 Å². The highest BCUT2D eigenvalue weighted by atomic mass is 16.5. The number of hydrogen-bond donors (Lipinski definition) is 2. The fraction of sp³-hybridized carbons (Fsp3) is 0.269. The van der Waals surface area contributed by atoms with E-state index in [1.807, 2.05) is 30.3 Å². The first kappa shape index (κ1) is 22.4. The third-order valence-corrected chi connectivity index (χ3v) is 5.13. The molecule has 0 spiro atoms. The van der Waals surface area contributed by atoms with Crippen molar-refractivity contribution in [2.24, 2.45) is 5.73 Å². The molecular weight excluding hydrogens is 388 g/mol. The van der Waals surface area contributed by atoms with Gasteiger partial charge in [0, 0.05) is 19.0 Å². The van der Waals surface area contributed by atoms with Crippen molar-refractivity contribution in [2.75, 3.05) is 26.8 Å². The Kier molecular flexibility index (Phi) is 8.49. The van der Waals surface area contributed by atoms with E-state index in [0.29, 0.717) is 31.2 Å². The second kappa shape index (κ2) is 11.8. The molecular formula is C26H30N2O3. The zero-order valence-electron chi connectivity index (χ0n) is 17.9. The first-order chi connectivity index (χ1) is 15.2. The topological polar surface area (TPSA) is 73.6 Å². The van der Waals surface area contributed by atoms with Gasteiger partial charge in [0.15, 0.2) is 11.5 Å². The fourth-order valence-electron chi connectivity index (χ4n) is 3.61. The van der Waals surface area contributed by atoms with Crippen molar-refractivity contribution in [2.45, 2.75) is 18.8 Å². The molecule has 0 bridgehead atoms. The summed E-state index contributed by atoms with van der Waals surface area (Å²) in [7, 11) is 1.59. The van der Waals surface area contributed by atoms with Gasteiger partial charge in [-0.2, -0.15) is 0 Å². The molecule has 1 amide bonds. The molecule has 3 aromatic carbocycles. The second-order valence-corrected chi connectivity index (χ2v) is 7.31. The molecule has 0 atom stereocenters. The van der Waals surface area contributed by atoms with Crippen molar-refractivity contribution in [3.63, 3.8) is 0 Å². The van der Waals surface area contributed by atoms with E-state index in [4.69, 9.17) is 15.2 Å². The lowest BCUT2D eigenvalue weighted by Crippen LogP contribution is -2.27. The molecule has 0 aliphatic carbocycles. The second-order valence-electron chi connectivity index (χ2n) is 7.31. The van der Waals surface area contributed by atoms with Gasteiger partial charge in [-0.05, 0) is 35.2 Å². The first-order valence-electron chi connectivity index (χ1n) is 10.6. The summed E-state index contributed by atoms with van der Waals surface area (Å²) < 4.78 is 10.9. The Labute approximate surface area is 184 Å². The Morgan fingerprint density at radius 1 is 0.935 bits per heavy atom. The highest BCUT2D eigenvalue weighted by Crippen LogP contribution is 2.29. The van der Waals surface area contributed by atoms with Crippen molar-refractivity contribution in [1.82, 2.24) is 5.32 Å². The van der Waals surface area contributed by atoms with Crippen LogP contribution in [0.15, 0.2) is 78.9 Å². The van der Waals surface area contributed by atoms with Crippen LogP contribution < -0.4 is 20.5 Å². The maximum absolute atomic E-state index is 12.5. The lowest BCUT2D eigenvalue weighted by molar-refractivity contribution is -0.120. The molecule has 3 aromatic rings. The molecule has 0 unspecified atom stereocenters. The zero-order valence-corrected chi connectivity index (χ0v) is 17.9. The van der Waals surface area contributed by atoms with E-state index >= 15 is 0 Å². The van der Waals surface area contributed by atoms with Crippen LogP contribution in [-0.4, -0.2) is 32.7 Å². The highest BCUT2D eigenvalue weighted by Gasteiger charge is 2.14. The summed E-state index contributed by atoms with van der Waals surface area (Å²) in [4.78, 5) is 12.5. The predicted octanol–water partition coefficient (Wildman–Crippen LogP) is 3.91. The number of hydrogen-bond acceptors (Lipinski definition) is 4. The van der Waals surface area contributed by atoms with Gasteiger partial charge in [-0.1, -0.05) is 66.7 Å². The van der Waals surface area contributed by atoms with Crippen molar-refractivity contribution in [1.29, 1.82) is 0 Å². The Balaban J connectivity index is 1.58. The van der Waals surface area contributed by atoms with E-state index in [0.717, 1.165) is 12.0 Å². The molecule has 3 rings (SSSR count). The summed E-state index contributed by atoms with van der Waals surface area (Å²) in [5.41, 5.74) is 8.86. The van der Waals surface area contributed by atoms with Crippen LogP contribution in [0.3, 0.4) is 0 Å². The molecule has 31 heavy (non-hydrogen) atoms. The minimum absolute atomic E-state index is 0.0162. The summed E-state index contributed by atoms with van der Waals surface area (Å²) in [6, 6.07) is 26.3. The van der Waals surface area contributed by atoms with Crippen LogP contribution >= 0.6 is 0 Å². The normalized spacial score (nSPS) is 10.7. The standard InChI is InChI=1S/C26H30N2O3/c1-30-25-18-20(12-13-24(25)31-17-15-27)19-26(29)28-16-14-23(21-8-4-2-5-9-21)22-10-6-3-7-11-22/h2-13,18,23H,14-17,19,27H2,1H3,(H,28,29). The van der Waals surface area contributed by atoms with Crippen LogP contribution in [0.5, 0.6) is 11.5 Å². The Morgan fingerprint density at radius 2 is 1.58 bits per heavy atom. The van der Waals surface area contributed by atoms with Crippen LogP contribution in [-0.2, 0) is 11.2 Å². The third-order valence-electron chi connectivity index (χ3n) is 5.13. The van der Waals surface area contributed by atoms with Crippen molar-refractivity contribution in [3.05, 3.63) is 95.6 Å². The van der Waals surface area contributed by atoms with Gasteiger partial charge in [0.2, 0.25) is 5.91 Å². The van der Waals surface area contributed by atoms with Crippen molar-refractivity contribution in [3.8, 4) is 11.5 Å². The van der Waals surface area contributed by atoms with Gasteiger partial charge in [-0.3, -0.25) is 4.79 Å². The minimum atomic E-state index is -0.0162. The molecule has 0 radical (unpaired) electrons. The first-order valence-corrected chi connectivity index (χ1v) is 10.6. The third kappa shape index (κ3) is 6.59. The summed E-state index contributed by atoms with van der Waals surface area (Å²) in [5, 5.41) is 3.06. The van der Waals surface area contributed by atoms with Crippen molar-refractivity contribution < 1.29 is 14.3 Å². The van der Waals surface area contributed by atoms with Gasteiger partial charge >= 0.3 is 0 Å². The van der Waals surface area contributed by atoms with E-state index in [9.17, 15) is 4.79 Å². The summed E-state index contributed by atoms with van der Waals surface area (Å²) in [6.07, 6.45) is 1.11. The summed E-state index contributed by atoms with van der Waals surface area (Å²) in [6.45, 7) is 1.45.